The summed E-state index contributed by atoms with van der Waals surface area (Å²) in [5.74, 6) is 0. The van der Waals surface area contributed by atoms with Crippen LogP contribution in [0.4, 0.5) is 0 Å². The molecule has 1 unspecified atom stereocenters. The molecule has 0 aliphatic heterocycles. The Hall–Kier alpha value is -0.380. The number of thiophene rings is 1. The summed E-state index contributed by atoms with van der Waals surface area (Å²) in [7, 11) is 0. The van der Waals surface area contributed by atoms with E-state index in [9.17, 15) is 0 Å². The number of fused-ring (bicyclic) bond motifs is 1. The predicted molar refractivity (Wildman–Crippen MR) is 75.8 cm³/mol. The van der Waals surface area contributed by atoms with Crippen LogP contribution in [0, 0.1) is 0 Å². The molecule has 0 spiro atoms. The largest absolute Gasteiger partial charge is 0.315 e. The van der Waals surface area contributed by atoms with E-state index in [-0.39, 0.29) is 0 Å². The van der Waals surface area contributed by atoms with Crippen molar-refractivity contribution >= 4 is 11.3 Å². The van der Waals surface area contributed by atoms with Gasteiger partial charge in [-0.1, -0.05) is 6.92 Å². The number of rotatable bonds is 6. The van der Waals surface area contributed by atoms with Crippen molar-refractivity contribution in [2.75, 3.05) is 13.1 Å². The Kier molecular flexibility index (Phi) is 5.01. The van der Waals surface area contributed by atoms with Crippen LogP contribution >= 0.6 is 11.3 Å². The molecule has 2 nitrogen and oxygen atoms in total. The number of hydrogen-bond acceptors (Lipinski definition) is 3. The smallest absolute Gasteiger partial charge is 0.0302 e. The van der Waals surface area contributed by atoms with Crippen molar-refractivity contribution in [3.05, 3.63) is 21.4 Å². The average molecular weight is 252 g/mol. The van der Waals surface area contributed by atoms with Crippen LogP contribution in [0.15, 0.2) is 6.07 Å². The van der Waals surface area contributed by atoms with Gasteiger partial charge >= 0.3 is 0 Å². The minimum Gasteiger partial charge on any atom is -0.315 e. The highest BCUT2D eigenvalue weighted by Crippen LogP contribution is 2.29. The maximum Gasteiger partial charge on any atom is 0.0302 e. The third-order valence-corrected chi connectivity index (χ3v) is 4.61. The highest BCUT2D eigenvalue weighted by Gasteiger charge is 2.13. The summed E-state index contributed by atoms with van der Waals surface area (Å²) >= 11 is 2.02. The van der Waals surface area contributed by atoms with Crippen LogP contribution in [-0.4, -0.2) is 19.1 Å². The van der Waals surface area contributed by atoms with Gasteiger partial charge in [-0.3, -0.25) is 0 Å². The molecule has 1 aromatic heterocycles. The molecule has 0 saturated carbocycles. The Balaban J connectivity index is 1.80. The maximum atomic E-state index is 3.59. The Morgan fingerprint density at radius 3 is 2.94 bits per heavy atom. The number of hydrogen-bond donors (Lipinski definition) is 2. The quantitative estimate of drug-likeness (QED) is 0.813. The first-order chi connectivity index (χ1) is 8.29. The predicted octanol–water partition coefficient (Wildman–Crippen LogP) is 2.71. The monoisotopic (exact) mass is 252 g/mol. The van der Waals surface area contributed by atoms with Crippen molar-refractivity contribution in [2.24, 2.45) is 0 Å². The molecule has 0 amide bonds. The van der Waals surface area contributed by atoms with Gasteiger partial charge in [-0.05, 0) is 50.8 Å². The molecule has 0 saturated heterocycles. The molecule has 1 heterocycles. The molecule has 0 fully saturated rings. The molecular formula is C14H24N2S. The molecule has 1 aliphatic carbocycles. The van der Waals surface area contributed by atoms with Crippen LogP contribution < -0.4 is 10.6 Å². The fourth-order valence-corrected chi connectivity index (χ4v) is 3.56. The van der Waals surface area contributed by atoms with Gasteiger partial charge in [0.15, 0.2) is 0 Å². The van der Waals surface area contributed by atoms with Gasteiger partial charge in [0.25, 0.3) is 0 Å². The SMILES string of the molecule is CCNCC(C)NCc1cc2c(s1)CCCC2. The van der Waals surface area contributed by atoms with Crippen LogP contribution in [0.25, 0.3) is 0 Å². The fraction of sp³-hybridized carbons (Fsp3) is 0.714. The zero-order valence-corrected chi connectivity index (χ0v) is 11.8. The summed E-state index contributed by atoms with van der Waals surface area (Å²) in [6, 6.07) is 2.97. The first kappa shape index (κ1) is 13.1. The van der Waals surface area contributed by atoms with Crippen molar-refractivity contribution in [1.29, 1.82) is 0 Å². The highest BCUT2D eigenvalue weighted by molar-refractivity contribution is 7.12. The minimum absolute atomic E-state index is 0.550. The third-order valence-electron chi connectivity index (χ3n) is 3.37. The topological polar surface area (TPSA) is 24.1 Å². The molecule has 2 N–H and O–H groups in total. The zero-order valence-electron chi connectivity index (χ0n) is 11.0. The molecule has 0 aromatic carbocycles. The lowest BCUT2D eigenvalue weighted by atomic mass is 9.99. The van der Waals surface area contributed by atoms with E-state index in [0.717, 1.165) is 19.6 Å². The second-order valence-electron chi connectivity index (χ2n) is 4.96. The summed E-state index contributed by atoms with van der Waals surface area (Å²) in [6.45, 7) is 7.54. The van der Waals surface area contributed by atoms with Gasteiger partial charge in [0.2, 0.25) is 0 Å². The summed E-state index contributed by atoms with van der Waals surface area (Å²) < 4.78 is 0. The van der Waals surface area contributed by atoms with Crippen molar-refractivity contribution < 1.29 is 0 Å². The van der Waals surface area contributed by atoms with Crippen LogP contribution in [0.5, 0.6) is 0 Å². The summed E-state index contributed by atoms with van der Waals surface area (Å²) in [5, 5.41) is 6.96. The van der Waals surface area contributed by atoms with Gasteiger partial charge in [0.1, 0.15) is 0 Å². The van der Waals surface area contributed by atoms with Crippen molar-refractivity contribution in [1.82, 2.24) is 10.6 Å². The van der Waals surface area contributed by atoms with E-state index in [1.54, 1.807) is 10.4 Å². The normalized spacial score (nSPS) is 16.8. The zero-order chi connectivity index (χ0) is 12.1. The van der Waals surface area contributed by atoms with Gasteiger partial charge in [0.05, 0.1) is 0 Å². The molecule has 1 atom stereocenters. The molecule has 3 heteroatoms. The van der Waals surface area contributed by atoms with E-state index < -0.39 is 0 Å². The number of aryl methyl sites for hydroxylation is 2. The van der Waals surface area contributed by atoms with Gasteiger partial charge in [-0.25, -0.2) is 0 Å². The number of nitrogens with one attached hydrogen (secondary N) is 2. The van der Waals surface area contributed by atoms with Crippen molar-refractivity contribution in [3.63, 3.8) is 0 Å². The maximum absolute atomic E-state index is 3.59. The van der Waals surface area contributed by atoms with E-state index in [1.807, 2.05) is 11.3 Å². The molecule has 17 heavy (non-hydrogen) atoms. The number of likely N-dealkylation sites (N-methyl/N-ethyl adjacent to an activating group) is 1. The van der Waals surface area contributed by atoms with E-state index in [4.69, 9.17) is 0 Å². The lowest BCUT2D eigenvalue weighted by molar-refractivity contribution is 0.511. The Morgan fingerprint density at radius 1 is 1.35 bits per heavy atom. The molecular weight excluding hydrogens is 228 g/mol. The second kappa shape index (κ2) is 6.53. The summed E-state index contributed by atoms with van der Waals surface area (Å²) in [5.41, 5.74) is 1.62. The fourth-order valence-electron chi connectivity index (χ4n) is 2.35. The Labute approximate surface area is 109 Å². The minimum atomic E-state index is 0.550. The van der Waals surface area contributed by atoms with Gasteiger partial charge in [-0.2, -0.15) is 0 Å². The second-order valence-corrected chi connectivity index (χ2v) is 6.18. The summed E-state index contributed by atoms with van der Waals surface area (Å²) in [6.07, 6.45) is 5.39. The van der Waals surface area contributed by atoms with E-state index >= 15 is 0 Å². The van der Waals surface area contributed by atoms with Crippen LogP contribution in [0.2, 0.25) is 0 Å². The molecule has 1 aromatic rings. The van der Waals surface area contributed by atoms with E-state index in [1.165, 1.54) is 30.6 Å². The first-order valence-electron chi connectivity index (χ1n) is 6.84. The van der Waals surface area contributed by atoms with Gasteiger partial charge in [0, 0.05) is 28.9 Å². The van der Waals surface area contributed by atoms with Crippen LogP contribution in [-0.2, 0) is 19.4 Å². The van der Waals surface area contributed by atoms with Crippen LogP contribution in [0.1, 0.15) is 42.0 Å². The standard InChI is InChI=1S/C14H24N2S/c1-3-15-9-11(2)16-10-13-8-12-6-4-5-7-14(12)17-13/h8,11,15-16H,3-7,9-10H2,1-2H3. The van der Waals surface area contributed by atoms with Crippen molar-refractivity contribution in [3.8, 4) is 0 Å². The first-order valence-corrected chi connectivity index (χ1v) is 7.65. The lowest BCUT2D eigenvalue weighted by Crippen LogP contribution is -2.35. The van der Waals surface area contributed by atoms with E-state index in [0.29, 0.717) is 6.04 Å². The molecule has 0 radical (unpaired) electrons. The third kappa shape index (κ3) is 3.80. The van der Waals surface area contributed by atoms with Crippen molar-refractivity contribution in [2.45, 2.75) is 52.1 Å². The molecule has 1 aliphatic rings. The van der Waals surface area contributed by atoms with Crippen LogP contribution in [0.3, 0.4) is 0 Å². The average Bonchev–Trinajstić information content (AvgIpc) is 2.76. The molecule has 2 rings (SSSR count). The Bertz CT molecular complexity index is 322. The molecule has 0 bridgehead atoms. The Morgan fingerprint density at radius 2 is 2.18 bits per heavy atom. The van der Waals surface area contributed by atoms with E-state index in [2.05, 4.69) is 30.5 Å². The van der Waals surface area contributed by atoms with Gasteiger partial charge < -0.3 is 10.6 Å². The highest BCUT2D eigenvalue weighted by atomic mass is 32.1. The lowest BCUT2D eigenvalue weighted by Gasteiger charge is -2.12. The summed E-state index contributed by atoms with van der Waals surface area (Å²) in [4.78, 5) is 3.16. The molecule has 96 valence electrons. The van der Waals surface area contributed by atoms with Gasteiger partial charge in [-0.15, -0.1) is 11.3 Å².